The van der Waals surface area contributed by atoms with Gasteiger partial charge in [-0.15, -0.1) is 10.2 Å². The van der Waals surface area contributed by atoms with Crippen molar-refractivity contribution in [3.05, 3.63) is 45.8 Å². The lowest BCUT2D eigenvalue weighted by molar-refractivity contribution is 0.585. The van der Waals surface area contributed by atoms with Crippen molar-refractivity contribution in [3.63, 3.8) is 0 Å². The molecule has 96 valence electrons. The Morgan fingerprint density at radius 2 is 1.79 bits per heavy atom. The van der Waals surface area contributed by atoms with Gasteiger partial charge >= 0.3 is 0 Å². The molecule has 0 radical (unpaired) electrons. The highest BCUT2D eigenvalue weighted by molar-refractivity contribution is 9.10. The predicted octanol–water partition coefficient (Wildman–Crippen LogP) is 3.49. The molecule has 0 aliphatic carbocycles. The van der Waals surface area contributed by atoms with Crippen molar-refractivity contribution in [3.8, 4) is 11.4 Å². The van der Waals surface area contributed by atoms with Crippen LogP contribution in [0.25, 0.3) is 17.0 Å². The monoisotopic (exact) mass is 344 g/mol. The van der Waals surface area contributed by atoms with Crippen LogP contribution in [-0.2, 0) is 0 Å². The van der Waals surface area contributed by atoms with E-state index in [0.29, 0.717) is 10.1 Å². The Balaban J connectivity index is 2.31. The molecule has 0 N–H and O–H groups in total. The Morgan fingerprint density at radius 1 is 1.11 bits per heavy atom. The molecule has 0 saturated carbocycles. The number of aromatic nitrogens is 4. The van der Waals surface area contributed by atoms with Gasteiger partial charge in [0.25, 0.3) is 0 Å². The van der Waals surface area contributed by atoms with E-state index in [1.807, 2.05) is 0 Å². The Labute approximate surface area is 119 Å². The fraction of sp³-hybridized carbons (Fsp3) is 0. The molecule has 4 nitrogen and oxygen atoms in total. The van der Waals surface area contributed by atoms with Crippen LogP contribution in [0.5, 0.6) is 0 Å². The van der Waals surface area contributed by atoms with E-state index in [2.05, 4.69) is 31.1 Å². The van der Waals surface area contributed by atoms with E-state index >= 15 is 0 Å². The minimum atomic E-state index is -0.740. The van der Waals surface area contributed by atoms with Gasteiger partial charge in [-0.1, -0.05) is 27.5 Å². The molecule has 8 heteroatoms. The smallest absolute Gasteiger partial charge is 0.175 e. The molecule has 0 aliphatic rings. The topological polar surface area (TPSA) is 43.1 Å². The van der Waals surface area contributed by atoms with Gasteiger partial charge in [-0.25, -0.2) is 13.8 Å². The zero-order valence-electron chi connectivity index (χ0n) is 9.11. The summed E-state index contributed by atoms with van der Waals surface area (Å²) < 4.78 is 29.4. The lowest BCUT2D eigenvalue weighted by atomic mass is 10.2. The fourth-order valence-corrected chi connectivity index (χ4v) is 2.24. The van der Waals surface area contributed by atoms with E-state index in [-0.39, 0.29) is 16.5 Å². The van der Waals surface area contributed by atoms with Gasteiger partial charge in [-0.05, 0) is 12.1 Å². The van der Waals surface area contributed by atoms with Gasteiger partial charge in [0.1, 0.15) is 23.1 Å². The second-order valence-corrected chi connectivity index (χ2v) is 5.01. The van der Waals surface area contributed by atoms with Gasteiger partial charge in [-0.2, -0.15) is 0 Å². The Bertz CT molecular complexity index is 766. The van der Waals surface area contributed by atoms with Crippen molar-refractivity contribution >= 4 is 33.2 Å². The first-order valence-electron chi connectivity index (χ1n) is 5.07. The van der Waals surface area contributed by atoms with Crippen LogP contribution in [0.4, 0.5) is 8.78 Å². The minimum absolute atomic E-state index is 0.0293. The fourth-order valence-electron chi connectivity index (χ4n) is 1.70. The predicted molar refractivity (Wildman–Crippen MR) is 68.8 cm³/mol. The quantitative estimate of drug-likeness (QED) is 0.634. The first-order valence-corrected chi connectivity index (χ1v) is 6.24. The number of fused-ring (bicyclic) bond motifs is 1. The Kier molecular flexibility index (Phi) is 2.94. The van der Waals surface area contributed by atoms with Crippen LogP contribution in [0.2, 0.25) is 5.15 Å². The third-order valence-corrected chi connectivity index (χ3v) is 3.16. The van der Waals surface area contributed by atoms with Crippen LogP contribution < -0.4 is 0 Å². The molecule has 3 rings (SSSR count). The zero-order chi connectivity index (χ0) is 13.6. The number of hydrogen-bond donors (Lipinski definition) is 0. The van der Waals surface area contributed by atoms with Crippen molar-refractivity contribution in [2.24, 2.45) is 0 Å². The van der Waals surface area contributed by atoms with Gasteiger partial charge in [-0.3, -0.25) is 4.40 Å². The lowest BCUT2D eigenvalue weighted by Crippen LogP contribution is -1.97. The molecule has 2 heterocycles. The van der Waals surface area contributed by atoms with E-state index in [9.17, 15) is 8.78 Å². The molecule has 0 amide bonds. The van der Waals surface area contributed by atoms with E-state index in [1.165, 1.54) is 16.8 Å². The highest BCUT2D eigenvalue weighted by Gasteiger charge is 2.18. The lowest BCUT2D eigenvalue weighted by Gasteiger charge is -2.04. The summed E-state index contributed by atoms with van der Waals surface area (Å²) in [5.41, 5.74) is 0.0940. The van der Waals surface area contributed by atoms with Crippen LogP contribution in [0, 0.1) is 11.6 Å². The van der Waals surface area contributed by atoms with Gasteiger partial charge in [0.05, 0.1) is 5.56 Å². The van der Waals surface area contributed by atoms with Crippen molar-refractivity contribution in [1.82, 2.24) is 19.6 Å². The summed E-state index contributed by atoms with van der Waals surface area (Å²) in [6.07, 6.45) is 1.31. The van der Waals surface area contributed by atoms with Crippen LogP contribution in [0.3, 0.4) is 0 Å². The minimum Gasteiger partial charge on any atom is -0.265 e. The second kappa shape index (κ2) is 4.50. The highest BCUT2D eigenvalue weighted by atomic mass is 79.9. The van der Waals surface area contributed by atoms with E-state index in [0.717, 1.165) is 12.1 Å². The summed E-state index contributed by atoms with van der Waals surface area (Å²) in [5.74, 6) is -1.45. The number of rotatable bonds is 1. The summed E-state index contributed by atoms with van der Waals surface area (Å²) in [5, 5.41) is 7.81. The highest BCUT2D eigenvalue weighted by Crippen LogP contribution is 2.28. The molecule has 19 heavy (non-hydrogen) atoms. The maximum absolute atomic E-state index is 13.9. The third-order valence-electron chi connectivity index (χ3n) is 2.50. The molecule has 2 aromatic heterocycles. The number of hydrogen-bond acceptors (Lipinski definition) is 3. The number of nitrogens with zero attached hydrogens (tertiary/aromatic N) is 4. The average molecular weight is 346 g/mol. The zero-order valence-corrected chi connectivity index (χ0v) is 11.5. The SMILES string of the molecule is Fc1cc(Br)cc(F)c1-c1nnc2cc(Cl)ncn12. The molecule has 0 bridgehead atoms. The van der Waals surface area contributed by atoms with E-state index in [4.69, 9.17) is 11.6 Å². The van der Waals surface area contributed by atoms with E-state index in [1.54, 1.807) is 0 Å². The molecule has 0 fully saturated rings. The first-order chi connectivity index (χ1) is 9.06. The molecule has 0 spiro atoms. The van der Waals surface area contributed by atoms with Gasteiger partial charge in [0.2, 0.25) is 0 Å². The van der Waals surface area contributed by atoms with Crippen LogP contribution >= 0.6 is 27.5 Å². The summed E-state index contributed by atoms with van der Waals surface area (Å²) in [4.78, 5) is 3.84. The van der Waals surface area contributed by atoms with Crippen molar-refractivity contribution in [2.45, 2.75) is 0 Å². The molecule has 0 saturated heterocycles. The van der Waals surface area contributed by atoms with Gasteiger partial charge < -0.3 is 0 Å². The standard InChI is InChI=1S/C11H4BrClF2N4/c12-5-1-6(14)10(7(15)2-5)11-18-17-9-3-8(13)16-4-19(9)11/h1-4H. The summed E-state index contributed by atoms with van der Waals surface area (Å²) in [7, 11) is 0. The van der Waals surface area contributed by atoms with E-state index < -0.39 is 11.6 Å². The molecule has 0 aliphatic heterocycles. The molecule has 1 aromatic carbocycles. The Hall–Kier alpha value is -1.60. The van der Waals surface area contributed by atoms with Crippen molar-refractivity contribution < 1.29 is 8.78 Å². The van der Waals surface area contributed by atoms with Gasteiger partial charge in [0, 0.05) is 10.5 Å². The normalized spacial score (nSPS) is 11.2. The van der Waals surface area contributed by atoms with Crippen molar-refractivity contribution in [1.29, 1.82) is 0 Å². The average Bonchev–Trinajstić information content (AvgIpc) is 2.71. The molecular weight excluding hydrogens is 342 g/mol. The molecular formula is C11H4BrClF2N4. The summed E-state index contributed by atoms with van der Waals surface area (Å²) in [6.45, 7) is 0. The van der Waals surface area contributed by atoms with Crippen molar-refractivity contribution in [2.75, 3.05) is 0 Å². The molecule has 0 atom stereocenters. The second-order valence-electron chi connectivity index (χ2n) is 3.71. The molecule has 3 aromatic rings. The maximum Gasteiger partial charge on any atom is 0.175 e. The third kappa shape index (κ3) is 2.08. The molecule has 0 unspecified atom stereocenters. The Morgan fingerprint density at radius 3 is 2.47 bits per heavy atom. The van der Waals surface area contributed by atoms with Gasteiger partial charge in [0.15, 0.2) is 11.5 Å². The summed E-state index contributed by atoms with van der Waals surface area (Å²) in [6, 6.07) is 3.76. The maximum atomic E-state index is 13.9. The summed E-state index contributed by atoms with van der Waals surface area (Å²) >= 11 is 8.73. The number of halogens is 4. The first kappa shape index (κ1) is 12.4. The van der Waals surface area contributed by atoms with Crippen LogP contribution in [0.15, 0.2) is 29.0 Å². The number of benzene rings is 1. The largest absolute Gasteiger partial charge is 0.265 e. The van der Waals surface area contributed by atoms with Crippen LogP contribution in [-0.4, -0.2) is 19.6 Å². The van der Waals surface area contributed by atoms with Crippen LogP contribution in [0.1, 0.15) is 0 Å².